The summed E-state index contributed by atoms with van der Waals surface area (Å²) >= 11 is 0. The fraction of sp³-hybridized carbons (Fsp3) is 0.591. The third kappa shape index (κ3) is 5.56. The first-order chi connectivity index (χ1) is 13.0. The van der Waals surface area contributed by atoms with E-state index in [-0.39, 0.29) is 0 Å². The molecule has 1 saturated heterocycles. The third-order valence-corrected chi connectivity index (χ3v) is 5.66. The van der Waals surface area contributed by atoms with Crippen molar-refractivity contribution in [1.82, 2.24) is 15.0 Å². The average Bonchev–Trinajstić information content (AvgIpc) is 2.99. The van der Waals surface area contributed by atoms with E-state index in [0.29, 0.717) is 0 Å². The molecule has 0 aliphatic carbocycles. The highest BCUT2D eigenvalue weighted by molar-refractivity contribution is 5.27. The summed E-state index contributed by atoms with van der Waals surface area (Å²) in [5.41, 5.74) is 3.64. The molecule has 148 valence electrons. The Morgan fingerprint density at radius 3 is 2.70 bits per heavy atom. The smallest absolute Gasteiger partial charge is 0.138 e. The average molecular weight is 372 g/mol. The van der Waals surface area contributed by atoms with E-state index in [9.17, 15) is 0 Å². The first-order valence-electron chi connectivity index (χ1n) is 10.0. The van der Waals surface area contributed by atoms with Crippen LogP contribution < -0.4 is 4.74 Å². The quantitative estimate of drug-likeness (QED) is 0.708. The van der Waals surface area contributed by atoms with E-state index >= 15 is 0 Å². The Kier molecular flexibility index (Phi) is 6.91. The van der Waals surface area contributed by atoms with Crippen molar-refractivity contribution in [3.05, 3.63) is 46.8 Å². The van der Waals surface area contributed by atoms with Crippen molar-refractivity contribution in [3.8, 4) is 5.75 Å². The Labute approximate surface area is 163 Å². The minimum Gasteiger partial charge on any atom is -0.497 e. The van der Waals surface area contributed by atoms with Crippen LogP contribution >= 0.6 is 0 Å². The number of hydrogen-bond acceptors (Lipinski definition) is 5. The number of aryl methyl sites for hydroxylation is 2. The van der Waals surface area contributed by atoms with Crippen LogP contribution in [0.3, 0.4) is 0 Å². The van der Waals surface area contributed by atoms with Crippen LogP contribution in [0.15, 0.2) is 28.8 Å². The van der Waals surface area contributed by atoms with E-state index in [2.05, 4.69) is 46.3 Å². The van der Waals surface area contributed by atoms with Gasteiger partial charge in [0.2, 0.25) is 0 Å². The van der Waals surface area contributed by atoms with E-state index in [1.807, 2.05) is 13.8 Å². The number of aromatic nitrogens is 1. The van der Waals surface area contributed by atoms with Gasteiger partial charge in [-0.15, -0.1) is 0 Å². The van der Waals surface area contributed by atoms with Gasteiger partial charge in [0, 0.05) is 31.7 Å². The summed E-state index contributed by atoms with van der Waals surface area (Å²) < 4.78 is 10.5. The van der Waals surface area contributed by atoms with Crippen molar-refractivity contribution >= 4 is 0 Å². The highest BCUT2D eigenvalue weighted by Gasteiger charge is 2.22. The molecule has 2 heterocycles. The monoisotopic (exact) mass is 371 g/mol. The van der Waals surface area contributed by atoms with Crippen LogP contribution in [-0.2, 0) is 13.0 Å². The molecule has 0 N–H and O–H groups in total. The summed E-state index contributed by atoms with van der Waals surface area (Å²) in [5.74, 6) is 2.61. The summed E-state index contributed by atoms with van der Waals surface area (Å²) in [5, 5.41) is 4.07. The number of nitrogens with zero attached hydrogens (tertiary/aromatic N) is 3. The molecule has 0 amide bonds. The van der Waals surface area contributed by atoms with Gasteiger partial charge in [-0.3, -0.25) is 0 Å². The number of likely N-dealkylation sites (tertiary alicyclic amines) is 1. The van der Waals surface area contributed by atoms with Crippen LogP contribution in [-0.4, -0.2) is 55.3 Å². The van der Waals surface area contributed by atoms with Gasteiger partial charge in [0.25, 0.3) is 0 Å². The minimum absolute atomic E-state index is 0.736. The van der Waals surface area contributed by atoms with Crippen molar-refractivity contribution in [3.63, 3.8) is 0 Å². The van der Waals surface area contributed by atoms with E-state index in [1.54, 1.807) is 7.11 Å². The van der Waals surface area contributed by atoms with Gasteiger partial charge in [0.05, 0.1) is 12.8 Å². The fourth-order valence-electron chi connectivity index (χ4n) is 4.09. The molecular weight excluding hydrogens is 338 g/mol. The van der Waals surface area contributed by atoms with Gasteiger partial charge >= 0.3 is 0 Å². The third-order valence-electron chi connectivity index (χ3n) is 5.66. The van der Waals surface area contributed by atoms with E-state index < -0.39 is 0 Å². The predicted molar refractivity (Wildman–Crippen MR) is 108 cm³/mol. The molecular formula is C22H33N3O2. The van der Waals surface area contributed by atoms with Crippen molar-refractivity contribution in [2.75, 3.05) is 40.3 Å². The zero-order valence-corrected chi connectivity index (χ0v) is 17.2. The molecule has 27 heavy (non-hydrogen) atoms. The molecule has 0 radical (unpaired) electrons. The summed E-state index contributed by atoms with van der Waals surface area (Å²) in [6.07, 6.45) is 3.73. The first-order valence-corrected chi connectivity index (χ1v) is 10.0. The lowest BCUT2D eigenvalue weighted by atomic mass is 9.97. The van der Waals surface area contributed by atoms with Crippen LogP contribution in [0.2, 0.25) is 0 Å². The number of hydrogen-bond donors (Lipinski definition) is 0. The molecule has 1 aliphatic heterocycles. The lowest BCUT2D eigenvalue weighted by Crippen LogP contribution is -2.40. The van der Waals surface area contributed by atoms with Crippen molar-refractivity contribution in [1.29, 1.82) is 0 Å². The van der Waals surface area contributed by atoms with Gasteiger partial charge in [0.1, 0.15) is 11.5 Å². The van der Waals surface area contributed by atoms with E-state index in [0.717, 1.165) is 49.2 Å². The molecule has 1 aromatic carbocycles. The number of rotatable bonds is 8. The number of benzene rings is 1. The molecule has 1 aromatic heterocycles. The van der Waals surface area contributed by atoms with Crippen LogP contribution in [0.4, 0.5) is 0 Å². The summed E-state index contributed by atoms with van der Waals surface area (Å²) in [6.45, 7) is 9.64. The molecule has 3 rings (SSSR count). The molecule has 0 bridgehead atoms. The SMILES string of the molecule is COc1ccc(CCN2CCC[C@@H](CN(C)Cc3c(C)noc3C)C2)cc1. The normalized spacial score (nSPS) is 18.2. The molecule has 5 nitrogen and oxygen atoms in total. The van der Waals surface area contributed by atoms with Gasteiger partial charge in [-0.25, -0.2) is 0 Å². The van der Waals surface area contributed by atoms with Gasteiger partial charge in [-0.1, -0.05) is 17.3 Å². The topological polar surface area (TPSA) is 41.7 Å². The first kappa shape index (κ1) is 19.9. The molecule has 1 fully saturated rings. The van der Waals surface area contributed by atoms with Crippen molar-refractivity contribution in [2.45, 2.75) is 39.7 Å². The van der Waals surface area contributed by atoms with Gasteiger partial charge in [-0.05, 0) is 70.3 Å². The molecule has 0 spiro atoms. The molecule has 5 heteroatoms. The summed E-state index contributed by atoms with van der Waals surface area (Å²) in [7, 11) is 3.92. The van der Waals surface area contributed by atoms with Gasteiger partial charge < -0.3 is 19.1 Å². The molecule has 0 saturated carbocycles. The standard InChI is InChI=1S/C22H33N3O2/c1-17-22(18(2)27-23-17)16-24(3)14-20-6-5-12-25(15-20)13-11-19-7-9-21(26-4)10-8-19/h7-10,20H,5-6,11-16H2,1-4H3/t20-/m0/s1. The second kappa shape index (κ2) is 9.38. The maximum absolute atomic E-state index is 5.30. The maximum atomic E-state index is 5.30. The Hall–Kier alpha value is -1.85. The second-order valence-corrected chi connectivity index (χ2v) is 7.91. The van der Waals surface area contributed by atoms with Gasteiger partial charge in [0.15, 0.2) is 0 Å². The second-order valence-electron chi connectivity index (χ2n) is 7.91. The van der Waals surface area contributed by atoms with Crippen molar-refractivity contribution < 1.29 is 9.26 Å². The molecule has 1 aliphatic rings. The highest BCUT2D eigenvalue weighted by atomic mass is 16.5. The predicted octanol–water partition coefficient (Wildman–Crippen LogP) is 3.69. The number of methoxy groups -OCH3 is 1. The van der Waals surface area contributed by atoms with Crippen LogP contribution in [0.25, 0.3) is 0 Å². The molecule has 2 aromatic rings. The number of piperidine rings is 1. The van der Waals surface area contributed by atoms with Crippen LogP contribution in [0, 0.1) is 19.8 Å². The maximum Gasteiger partial charge on any atom is 0.138 e. The lowest BCUT2D eigenvalue weighted by molar-refractivity contribution is 0.142. The lowest BCUT2D eigenvalue weighted by Gasteiger charge is -2.34. The van der Waals surface area contributed by atoms with Crippen LogP contribution in [0.1, 0.15) is 35.4 Å². The fourth-order valence-corrected chi connectivity index (χ4v) is 4.09. The highest BCUT2D eigenvalue weighted by Crippen LogP contribution is 2.20. The Balaban J connectivity index is 1.45. The largest absolute Gasteiger partial charge is 0.497 e. The molecule has 0 unspecified atom stereocenters. The minimum atomic E-state index is 0.736. The van der Waals surface area contributed by atoms with E-state index in [4.69, 9.17) is 9.26 Å². The number of ether oxygens (including phenoxy) is 1. The zero-order chi connectivity index (χ0) is 19.2. The van der Waals surface area contributed by atoms with E-state index in [1.165, 1.54) is 37.1 Å². The summed E-state index contributed by atoms with van der Waals surface area (Å²) in [4.78, 5) is 5.05. The Morgan fingerprint density at radius 2 is 2.04 bits per heavy atom. The van der Waals surface area contributed by atoms with Gasteiger partial charge in [-0.2, -0.15) is 0 Å². The zero-order valence-electron chi connectivity index (χ0n) is 17.2. The van der Waals surface area contributed by atoms with Crippen molar-refractivity contribution in [2.24, 2.45) is 5.92 Å². The Bertz CT molecular complexity index is 691. The Morgan fingerprint density at radius 1 is 1.26 bits per heavy atom. The molecule has 1 atom stereocenters. The summed E-state index contributed by atoms with van der Waals surface area (Å²) in [6, 6.07) is 8.46. The van der Waals surface area contributed by atoms with Crippen LogP contribution in [0.5, 0.6) is 5.75 Å².